The maximum atomic E-state index is 0. The molecule has 0 bridgehead atoms. The summed E-state index contributed by atoms with van der Waals surface area (Å²) in [6.07, 6.45) is 0. The molecule has 38 valence electrons. The molecule has 7 heavy (non-hydrogen) atoms. The Hall–Kier alpha value is 2.16. The molecule has 0 aromatic rings. The average molecular weight is 208 g/mol. The van der Waals surface area contributed by atoms with Gasteiger partial charge in [0.15, 0.2) is 0 Å². The van der Waals surface area contributed by atoms with Crippen LogP contribution in [0.25, 0.3) is 0 Å². The molecule has 0 atom stereocenters. The van der Waals surface area contributed by atoms with Gasteiger partial charge >= 0.3 is 72.5 Å². The standard InChI is InChI=1S/Ca.2Cr.4O/q+2;2*+3;4*-2. The SMILES string of the molecule is [Ca+2].[Cr+3].[Cr+3].[O-2].[O-2].[O-2].[O-2]. The molecule has 0 saturated heterocycles. The van der Waals surface area contributed by atoms with Crippen LogP contribution in [0.1, 0.15) is 0 Å². The van der Waals surface area contributed by atoms with Gasteiger partial charge in [-0.3, -0.25) is 0 Å². The molecule has 0 N–H and O–H groups in total. The molecule has 0 aliphatic carbocycles. The summed E-state index contributed by atoms with van der Waals surface area (Å²) in [5, 5.41) is 0. The molecule has 0 fully saturated rings. The second-order valence-electron chi connectivity index (χ2n) is 0. The Kier molecular flexibility index (Phi) is 1670. The molecule has 0 aliphatic rings. The van der Waals surface area contributed by atoms with E-state index in [2.05, 4.69) is 0 Å². The summed E-state index contributed by atoms with van der Waals surface area (Å²) < 4.78 is 0. The van der Waals surface area contributed by atoms with Crippen LogP contribution < -0.4 is 0 Å². The molecule has 0 amide bonds. The monoisotopic (exact) mass is 208 g/mol. The zero-order valence-corrected chi connectivity index (χ0v) is 7.91. The Bertz CT molecular complexity index is 9.65. The summed E-state index contributed by atoms with van der Waals surface area (Å²) in [4.78, 5) is 0. The van der Waals surface area contributed by atoms with Gasteiger partial charge in [0.2, 0.25) is 0 Å². The Morgan fingerprint density at radius 1 is 0.429 bits per heavy atom. The van der Waals surface area contributed by atoms with Crippen molar-refractivity contribution in [3.05, 3.63) is 0 Å². The van der Waals surface area contributed by atoms with E-state index in [0.29, 0.717) is 0 Å². The van der Waals surface area contributed by atoms with Gasteiger partial charge in [0, 0.05) is 0 Å². The normalized spacial score (nSPS) is 0. The van der Waals surface area contributed by atoms with Crippen molar-refractivity contribution in [1.29, 1.82) is 0 Å². The van der Waals surface area contributed by atoms with Crippen LogP contribution in [0.15, 0.2) is 0 Å². The molecular formula is CaCr2O4. The van der Waals surface area contributed by atoms with Gasteiger partial charge in [-0.15, -0.1) is 0 Å². The van der Waals surface area contributed by atoms with E-state index in [0.717, 1.165) is 0 Å². The predicted octanol–water partition coefficient (Wildman–Crippen LogP) is -0.861. The van der Waals surface area contributed by atoms with Gasteiger partial charge in [0.05, 0.1) is 0 Å². The van der Waals surface area contributed by atoms with Crippen molar-refractivity contribution in [2.24, 2.45) is 0 Å². The van der Waals surface area contributed by atoms with Gasteiger partial charge in [0.25, 0.3) is 0 Å². The van der Waals surface area contributed by atoms with Crippen molar-refractivity contribution in [2.45, 2.75) is 0 Å². The van der Waals surface area contributed by atoms with E-state index < -0.39 is 0 Å². The molecule has 0 unspecified atom stereocenters. The van der Waals surface area contributed by atoms with Gasteiger partial charge < -0.3 is 21.9 Å². The molecule has 0 saturated carbocycles. The zero-order valence-electron chi connectivity index (χ0n) is 3.16. The third kappa shape index (κ3) is 66.2. The molecule has 7 heteroatoms. The fourth-order valence-electron chi connectivity index (χ4n) is 0. The minimum Gasteiger partial charge on any atom is -2.00 e. The van der Waals surface area contributed by atoms with E-state index in [9.17, 15) is 0 Å². The fraction of sp³-hybridized carbons (Fsp3) is 0. The quantitative estimate of drug-likeness (QED) is 0.461. The minimum absolute atomic E-state index is 0. The molecule has 0 heterocycles. The first kappa shape index (κ1) is 130. The van der Waals surface area contributed by atoms with Crippen LogP contribution in [-0.4, -0.2) is 37.7 Å². The van der Waals surface area contributed by atoms with Crippen molar-refractivity contribution in [3.63, 3.8) is 0 Å². The average Bonchev–Trinajstić information content (AvgIpc) is 0. The predicted molar refractivity (Wildman–Crippen MR) is 8.50 cm³/mol. The van der Waals surface area contributed by atoms with Crippen LogP contribution in [0, 0.1) is 0 Å². The summed E-state index contributed by atoms with van der Waals surface area (Å²) in [5.74, 6) is 0. The van der Waals surface area contributed by atoms with Crippen LogP contribution in [0.3, 0.4) is 0 Å². The van der Waals surface area contributed by atoms with E-state index in [1.165, 1.54) is 0 Å². The second-order valence-corrected chi connectivity index (χ2v) is 0. The van der Waals surface area contributed by atoms with Gasteiger partial charge in [-0.1, -0.05) is 0 Å². The van der Waals surface area contributed by atoms with Crippen molar-refractivity contribution >= 4 is 37.7 Å². The van der Waals surface area contributed by atoms with Crippen molar-refractivity contribution in [2.75, 3.05) is 0 Å². The summed E-state index contributed by atoms with van der Waals surface area (Å²) >= 11 is 0. The largest absolute Gasteiger partial charge is 3.00 e. The Morgan fingerprint density at radius 2 is 0.429 bits per heavy atom. The van der Waals surface area contributed by atoms with Crippen LogP contribution in [0.2, 0.25) is 0 Å². The van der Waals surface area contributed by atoms with Crippen LogP contribution in [0.5, 0.6) is 0 Å². The van der Waals surface area contributed by atoms with Crippen molar-refractivity contribution in [3.8, 4) is 0 Å². The smallest absolute Gasteiger partial charge is 2.00 e. The van der Waals surface area contributed by atoms with E-state index in [-0.39, 0.29) is 94.4 Å². The number of hydrogen-bond acceptors (Lipinski definition) is 0. The fourth-order valence-corrected chi connectivity index (χ4v) is 0. The first-order chi connectivity index (χ1) is 0. The molecule has 4 nitrogen and oxygen atoms in total. The number of rotatable bonds is 0. The Labute approximate surface area is 93.2 Å². The molecule has 0 aliphatic heterocycles. The summed E-state index contributed by atoms with van der Waals surface area (Å²) in [6.45, 7) is 0. The Morgan fingerprint density at radius 3 is 0.429 bits per heavy atom. The molecule has 2 radical (unpaired) electrons. The first-order valence-electron chi connectivity index (χ1n) is 0. The third-order valence-electron chi connectivity index (χ3n) is 0. The topological polar surface area (TPSA) is 114 Å². The van der Waals surface area contributed by atoms with E-state index >= 15 is 0 Å². The van der Waals surface area contributed by atoms with Crippen molar-refractivity contribution in [1.82, 2.24) is 0 Å². The van der Waals surface area contributed by atoms with E-state index in [1.807, 2.05) is 0 Å². The minimum atomic E-state index is 0. The molecular weight excluding hydrogens is 208 g/mol. The summed E-state index contributed by atoms with van der Waals surface area (Å²) in [7, 11) is 0. The number of hydrogen-bond donors (Lipinski definition) is 0. The van der Waals surface area contributed by atoms with Crippen LogP contribution in [0.4, 0.5) is 0 Å². The third-order valence-corrected chi connectivity index (χ3v) is 0. The van der Waals surface area contributed by atoms with Crippen LogP contribution >= 0.6 is 0 Å². The van der Waals surface area contributed by atoms with Gasteiger partial charge in [-0.2, -0.15) is 0 Å². The molecule has 0 aromatic carbocycles. The maximum absolute atomic E-state index is 0. The summed E-state index contributed by atoms with van der Waals surface area (Å²) in [6, 6.07) is 0. The van der Waals surface area contributed by atoms with Gasteiger partial charge in [-0.25, -0.2) is 0 Å². The summed E-state index contributed by atoms with van der Waals surface area (Å²) in [5.41, 5.74) is 0. The van der Waals surface area contributed by atoms with Crippen LogP contribution in [-0.2, 0) is 56.6 Å². The first-order valence-corrected chi connectivity index (χ1v) is 0. The van der Waals surface area contributed by atoms with Gasteiger partial charge in [0.1, 0.15) is 0 Å². The molecule has 0 aromatic heterocycles. The second kappa shape index (κ2) is 89.4. The molecule has 0 rings (SSSR count). The van der Waals surface area contributed by atoms with E-state index in [1.54, 1.807) is 0 Å². The zero-order chi connectivity index (χ0) is 0. The van der Waals surface area contributed by atoms with Crippen molar-refractivity contribution < 1.29 is 56.6 Å². The van der Waals surface area contributed by atoms with E-state index in [4.69, 9.17) is 0 Å². The maximum Gasteiger partial charge on any atom is 3.00 e. The van der Waals surface area contributed by atoms with Gasteiger partial charge in [-0.05, 0) is 0 Å². The Balaban J connectivity index is 0. The molecule has 0 spiro atoms.